The quantitative estimate of drug-likeness (QED) is 0.646. The van der Waals surface area contributed by atoms with Crippen LogP contribution in [0.1, 0.15) is 26.2 Å². The molecule has 2 aliphatic rings. The third-order valence-electron chi connectivity index (χ3n) is 3.59. The zero-order valence-electron chi connectivity index (χ0n) is 10.2. The molecule has 1 fully saturated rings. The molecule has 0 aromatic rings. The summed E-state index contributed by atoms with van der Waals surface area (Å²) < 4.78 is 5.25. The molecule has 0 unspecified atom stereocenters. The van der Waals surface area contributed by atoms with Crippen LogP contribution in [-0.2, 0) is 9.53 Å². The van der Waals surface area contributed by atoms with Crippen molar-refractivity contribution >= 4 is 5.91 Å². The molecule has 0 spiro atoms. The maximum Gasteiger partial charge on any atom is 0.243 e. The van der Waals surface area contributed by atoms with E-state index in [1.54, 1.807) is 0 Å². The molecule has 0 bridgehead atoms. The van der Waals surface area contributed by atoms with Gasteiger partial charge in [-0.3, -0.25) is 4.79 Å². The molecule has 4 heteroatoms. The van der Waals surface area contributed by atoms with Gasteiger partial charge in [-0.05, 0) is 26.2 Å². The lowest BCUT2D eigenvalue weighted by Gasteiger charge is -2.36. The van der Waals surface area contributed by atoms with Crippen molar-refractivity contribution in [1.29, 1.82) is 5.26 Å². The first-order valence-corrected chi connectivity index (χ1v) is 6.12. The summed E-state index contributed by atoms with van der Waals surface area (Å²) in [6, 6.07) is 2.24. The topological polar surface area (TPSA) is 53.3 Å². The van der Waals surface area contributed by atoms with E-state index in [1.807, 2.05) is 11.8 Å². The molecule has 1 saturated heterocycles. The zero-order chi connectivity index (χ0) is 12.3. The van der Waals surface area contributed by atoms with Gasteiger partial charge in [0, 0.05) is 26.3 Å². The number of carbonyl (C=O) groups excluding carboxylic acids is 1. The first-order valence-electron chi connectivity index (χ1n) is 6.12. The molecule has 0 radical (unpaired) electrons. The largest absolute Gasteiger partial charge is 0.381 e. The van der Waals surface area contributed by atoms with Crippen molar-refractivity contribution in [2.45, 2.75) is 26.2 Å². The number of nitriles is 1. The summed E-state index contributed by atoms with van der Waals surface area (Å²) in [5.41, 5.74) is 0.375. The minimum absolute atomic E-state index is 0.00394. The number of carbonyl (C=O) groups is 1. The second kappa shape index (κ2) is 4.89. The van der Waals surface area contributed by atoms with E-state index < -0.39 is 5.41 Å². The summed E-state index contributed by atoms with van der Waals surface area (Å²) in [5, 5.41) is 9.34. The summed E-state index contributed by atoms with van der Waals surface area (Å²) in [7, 11) is 0. The van der Waals surface area contributed by atoms with Crippen LogP contribution in [0.25, 0.3) is 0 Å². The number of hydrogen-bond donors (Lipinski definition) is 0. The summed E-state index contributed by atoms with van der Waals surface area (Å²) in [5.74, 6) is -0.00394. The number of ether oxygens (including phenoxy) is 1. The maximum atomic E-state index is 12.5. The number of nitrogens with zero attached hydrogens (tertiary/aromatic N) is 2. The van der Waals surface area contributed by atoms with E-state index in [2.05, 4.69) is 12.1 Å². The smallest absolute Gasteiger partial charge is 0.243 e. The summed E-state index contributed by atoms with van der Waals surface area (Å²) in [6.07, 6.45) is 4.12. The van der Waals surface area contributed by atoms with Gasteiger partial charge < -0.3 is 9.64 Å². The Morgan fingerprint density at radius 3 is 2.82 bits per heavy atom. The third-order valence-corrected chi connectivity index (χ3v) is 3.59. The van der Waals surface area contributed by atoms with Crippen molar-refractivity contribution < 1.29 is 9.53 Å². The van der Waals surface area contributed by atoms with Crippen molar-refractivity contribution in [3.8, 4) is 6.07 Å². The van der Waals surface area contributed by atoms with Gasteiger partial charge in [-0.15, -0.1) is 0 Å². The molecular weight excluding hydrogens is 216 g/mol. The van der Waals surface area contributed by atoms with Crippen LogP contribution in [0.5, 0.6) is 0 Å². The first-order chi connectivity index (χ1) is 8.18. The molecule has 2 rings (SSSR count). The molecule has 0 atom stereocenters. The number of hydrogen-bond acceptors (Lipinski definition) is 3. The molecule has 0 saturated carbocycles. The molecule has 2 heterocycles. The predicted octanol–water partition coefficient (Wildman–Crippen LogP) is 1.49. The third kappa shape index (κ3) is 2.34. The minimum atomic E-state index is -0.837. The molecule has 4 nitrogen and oxygen atoms in total. The highest BCUT2D eigenvalue weighted by Crippen LogP contribution is 2.32. The second-order valence-electron chi connectivity index (χ2n) is 4.87. The zero-order valence-corrected chi connectivity index (χ0v) is 10.2. The SMILES string of the molecule is CC1=CCCN(C(=O)C2(C#N)CCOCC2)C1. The Labute approximate surface area is 102 Å². The Balaban J connectivity index is 2.12. The van der Waals surface area contributed by atoms with Crippen LogP contribution in [0.15, 0.2) is 11.6 Å². The van der Waals surface area contributed by atoms with Gasteiger partial charge in [0.05, 0.1) is 6.07 Å². The maximum absolute atomic E-state index is 12.5. The fourth-order valence-corrected chi connectivity index (χ4v) is 2.48. The average molecular weight is 234 g/mol. The Kier molecular flexibility index (Phi) is 3.49. The molecule has 2 aliphatic heterocycles. The second-order valence-corrected chi connectivity index (χ2v) is 4.87. The van der Waals surface area contributed by atoms with Crippen molar-refractivity contribution in [3.05, 3.63) is 11.6 Å². The molecule has 0 aromatic carbocycles. The standard InChI is InChI=1S/C13H18N2O2/c1-11-3-2-6-15(9-11)12(16)13(10-14)4-7-17-8-5-13/h3H,2,4-9H2,1H3. The van der Waals surface area contributed by atoms with Crippen LogP contribution in [0.3, 0.4) is 0 Å². The minimum Gasteiger partial charge on any atom is -0.381 e. The molecule has 0 aromatic heterocycles. The lowest BCUT2D eigenvalue weighted by atomic mass is 9.80. The van der Waals surface area contributed by atoms with Crippen LogP contribution < -0.4 is 0 Å². The first kappa shape index (κ1) is 12.1. The van der Waals surface area contributed by atoms with Gasteiger partial charge in [-0.1, -0.05) is 11.6 Å². The van der Waals surface area contributed by atoms with Crippen LogP contribution in [0.4, 0.5) is 0 Å². The molecular formula is C13H18N2O2. The Morgan fingerprint density at radius 2 is 2.24 bits per heavy atom. The van der Waals surface area contributed by atoms with Crippen molar-refractivity contribution in [2.24, 2.45) is 5.41 Å². The summed E-state index contributed by atoms with van der Waals surface area (Å²) in [6.45, 7) is 4.47. The van der Waals surface area contributed by atoms with E-state index >= 15 is 0 Å². The normalized spacial score (nSPS) is 23.8. The van der Waals surface area contributed by atoms with E-state index in [9.17, 15) is 10.1 Å². The number of amides is 1. The van der Waals surface area contributed by atoms with Crippen LogP contribution >= 0.6 is 0 Å². The van der Waals surface area contributed by atoms with E-state index in [0.29, 0.717) is 32.6 Å². The lowest BCUT2D eigenvalue weighted by molar-refractivity contribution is -0.143. The van der Waals surface area contributed by atoms with E-state index in [1.165, 1.54) is 5.57 Å². The van der Waals surface area contributed by atoms with Gasteiger partial charge in [0.15, 0.2) is 0 Å². The molecule has 0 aliphatic carbocycles. The van der Waals surface area contributed by atoms with E-state index in [4.69, 9.17) is 4.74 Å². The number of rotatable bonds is 1. The van der Waals surface area contributed by atoms with Crippen molar-refractivity contribution in [1.82, 2.24) is 4.90 Å². The van der Waals surface area contributed by atoms with Gasteiger partial charge in [-0.2, -0.15) is 5.26 Å². The highest BCUT2D eigenvalue weighted by molar-refractivity contribution is 5.86. The highest BCUT2D eigenvalue weighted by Gasteiger charge is 2.43. The van der Waals surface area contributed by atoms with Gasteiger partial charge in [-0.25, -0.2) is 0 Å². The van der Waals surface area contributed by atoms with Crippen LogP contribution in [0, 0.1) is 16.7 Å². The predicted molar refractivity (Wildman–Crippen MR) is 63.1 cm³/mol. The molecule has 0 N–H and O–H groups in total. The van der Waals surface area contributed by atoms with Gasteiger partial charge in [0.25, 0.3) is 0 Å². The van der Waals surface area contributed by atoms with Crippen molar-refractivity contribution in [2.75, 3.05) is 26.3 Å². The monoisotopic (exact) mass is 234 g/mol. The Morgan fingerprint density at radius 1 is 1.53 bits per heavy atom. The average Bonchev–Trinajstić information content (AvgIpc) is 2.38. The van der Waals surface area contributed by atoms with E-state index in [-0.39, 0.29) is 5.91 Å². The fraction of sp³-hybridized carbons (Fsp3) is 0.692. The summed E-state index contributed by atoms with van der Waals surface area (Å²) in [4.78, 5) is 14.3. The molecule has 1 amide bonds. The Hall–Kier alpha value is -1.34. The molecule has 17 heavy (non-hydrogen) atoms. The van der Waals surface area contributed by atoms with Gasteiger partial charge in [0.1, 0.15) is 5.41 Å². The van der Waals surface area contributed by atoms with Gasteiger partial charge >= 0.3 is 0 Å². The van der Waals surface area contributed by atoms with Crippen LogP contribution in [0.2, 0.25) is 0 Å². The Bertz CT molecular complexity index is 375. The highest BCUT2D eigenvalue weighted by atomic mass is 16.5. The fourth-order valence-electron chi connectivity index (χ4n) is 2.48. The molecule has 92 valence electrons. The van der Waals surface area contributed by atoms with Gasteiger partial charge in [0.2, 0.25) is 5.91 Å². The summed E-state index contributed by atoms with van der Waals surface area (Å²) >= 11 is 0. The lowest BCUT2D eigenvalue weighted by Crippen LogP contribution is -2.47. The van der Waals surface area contributed by atoms with Crippen LogP contribution in [-0.4, -0.2) is 37.1 Å². The van der Waals surface area contributed by atoms with E-state index in [0.717, 1.165) is 13.0 Å². The van der Waals surface area contributed by atoms with Crippen molar-refractivity contribution in [3.63, 3.8) is 0 Å².